The summed E-state index contributed by atoms with van der Waals surface area (Å²) < 4.78 is 44.7. The lowest BCUT2D eigenvalue weighted by Crippen LogP contribution is -2.57. The highest BCUT2D eigenvalue weighted by atomic mass is 32.2. The molecule has 0 aromatic heterocycles. The van der Waals surface area contributed by atoms with Gasteiger partial charge >= 0.3 is 0 Å². The molecule has 1 aromatic carbocycles. The van der Waals surface area contributed by atoms with Gasteiger partial charge in [-0.25, -0.2) is 12.8 Å². The van der Waals surface area contributed by atoms with Gasteiger partial charge in [0.05, 0.1) is 18.5 Å². The molecule has 0 spiro atoms. The van der Waals surface area contributed by atoms with Crippen LogP contribution in [0.25, 0.3) is 0 Å². The Bertz CT molecular complexity index is 602. The summed E-state index contributed by atoms with van der Waals surface area (Å²) in [6, 6.07) is 5.91. The standard InChI is InChI=1S/C15H22FNO4S/c1-12(2)22(19,20)17-7-8-21-15(10-17,11-18)9-13-3-5-14(16)6-4-13/h3-6,12,18H,7-11H2,1-2H3/t15-/m1/s1. The van der Waals surface area contributed by atoms with Crippen molar-refractivity contribution >= 4 is 10.0 Å². The SMILES string of the molecule is CC(C)S(=O)(=O)N1CCO[C@](CO)(Cc2ccc(F)cc2)C1. The molecule has 1 aromatic rings. The highest BCUT2D eigenvalue weighted by molar-refractivity contribution is 7.89. The van der Waals surface area contributed by atoms with E-state index in [0.29, 0.717) is 6.42 Å². The molecule has 1 fully saturated rings. The predicted molar refractivity (Wildman–Crippen MR) is 81.5 cm³/mol. The van der Waals surface area contributed by atoms with E-state index in [2.05, 4.69) is 0 Å². The van der Waals surface area contributed by atoms with E-state index < -0.39 is 20.9 Å². The van der Waals surface area contributed by atoms with Crippen LogP contribution in [-0.2, 0) is 21.2 Å². The molecule has 7 heteroatoms. The first kappa shape index (κ1) is 17.3. The number of rotatable bonds is 5. The minimum Gasteiger partial charge on any atom is -0.393 e. The Morgan fingerprint density at radius 3 is 2.55 bits per heavy atom. The number of sulfonamides is 1. The Morgan fingerprint density at radius 2 is 2.00 bits per heavy atom. The third kappa shape index (κ3) is 3.65. The molecule has 1 aliphatic heterocycles. The van der Waals surface area contributed by atoms with Crippen LogP contribution in [0.3, 0.4) is 0 Å². The summed E-state index contributed by atoms with van der Waals surface area (Å²) in [5, 5.41) is 9.24. The van der Waals surface area contributed by atoms with Crippen molar-refractivity contribution in [1.82, 2.24) is 4.31 Å². The Balaban J connectivity index is 2.20. The summed E-state index contributed by atoms with van der Waals surface area (Å²) in [6.45, 7) is 3.58. The molecule has 1 aliphatic rings. The zero-order valence-electron chi connectivity index (χ0n) is 12.8. The summed E-state index contributed by atoms with van der Waals surface area (Å²) in [6.07, 6.45) is 0.327. The van der Waals surface area contributed by atoms with Crippen molar-refractivity contribution in [2.24, 2.45) is 0 Å². The van der Waals surface area contributed by atoms with E-state index in [1.54, 1.807) is 26.0 Å². The van der Waals surface area contributed by atoms with E-state index in [1.165, 1.54) is 16.4 Å². The maximum atomic E-state index is 13.0. The van der Waals surface area contributed by atoms with Crippen LogP contribution in [0.4, 0.5) is 4.39 Å². The fourth-order valence-corrected chi connectivity index (χ4v) is 3.90. The molecule has 5 nitrogen and oxygen atoms in total. The van der Waals surface area contributed by atoms with Gasteiger partial charge in [-0.1, -0.05) is 12.1 Å². The first-order valence-corrected chi connectivity index (χ1v) is 8.78. The average Bonchev–Trinajstić information content (AvgIpc) is 2.50. The van der Waals surface area contributed by atoms with Gasteiger partial charge in [0.25, 0.3) is 0 Å². The number of morpholine rings is 1. The molecule has 22 heavy (non-hydrogen) atoms. The number of hydrogen-bond acceptors (Lipinski definition) is 4. The van der Waals surface area contributed by atoms with Crippen LogP contribution in [-0.4, -0.2) is 55.0 Å². The second-order valence-electron chi connectivity index (χ2n) is 5.92. The molecule has 0 unspecified atom stereocenters. The van der Waals surface area contributed by atoms with Crippen molar-refractivity contribution in [1.29, 1.82) is 0 Å². The van der Waals surface area contributed by atoms with Gasteiger partial charge in [0.15, 0.2) is 0 Å². The second kappa shape index (κ2) is 6.62. The van der Waals surface area contributed by atoms with Crippen LogP contribution < -0.4 is 0 Å². The summed E-state index contributed by atoms with van der Waals surface area (Å²) in [5.41, 5.74) is -0.197. The molecular weight excluding hydrogens is 309 g/mol. The number of halogens is 1. The largest absolute Gasteiger partial charge is 0.393 e. The maximum absolute atomic E-state index is 13.0. The van der Waals surface area contributed by atoms with Crippen molar-refractivity contribution in [2.45, 2.75) is 31.1 Å². The molecular formula is C15H22FNO4S. The van der Waals surface area contributed by atoms with Crippen LogP contribution in [0.5, 0.6) is 0 Å². The van der Waals surface area contributed by atoms with Crippen LogP contribution >= 0.6 is 0 Å². The van der Waals surface area contributed by atoms with Gasteiger partial charge in [-0.3, -0.25) is 0 Å². The molecule has 2 rings (SSSR count). The minimum atomic E-state index is -3.40. The topological polar surface area (TPSA) is 66.8 Å². The van der Waals surface area contributed by atoms with Crippen molar-refractivity contribution in [2.75, 3.05) is 26.3 Å². The summed E-state index contributed by atoms with van der Waals surface area (Å²) in [7, 11) is -3.40. The molecule has 0 aliphatic carbocycles. The Labute approximate surface area is 130 Å². The van der Waals surface area contributed by atoms with Crippen LogP contribution in [0, 0.1) is 5.82 Å². The van der Waals surface area contributed by atoms with Crippen LogP contribution in [0.15, 0.2) is 24.3 Å². The predicted octanol–water partition coefficient (Wildman–Crippen LogP) is 1.17. The summed E-state index contributed by atoms with van der Waals surface area (Å²) in [5.74, 6) is -0.338. The molecule has 1 heterocycles. The molecule has 1 N–H and O–H groups in total. The first-order chi connectivity index (χ1) is 10.3. The Morgan fingerprint density at radius 1 is 1.36 bits per heavy atom. The van der Waals surface area contributed by atoms with E-state index in [9.17, 15) is 17.9 Å². The monoisotopic (exact) mass is 331 g/mol. The molecule has 1 atom stereocenters. The smallest absolute Gasteiger partial charge is 0.216 e. The fourth-order valence-electron chi connectivity index (χ4n) is 2.56. The lowest BCUT2D eigenvalue weighted by atomic mass is 9.94. The van der Waals surface area contributed by atoms with Crippen molar-refractivity contribution in [3.8, 4) is 0 Å². The van der Waals surface area contributed by atoms with E-state index in [1.807, 2.05) is 0 Å². The van der Waals surface area contributed by atoms with Gasteiger partial charge in [0.1, 0.15) is 11.4 Å². The number of aliphatic hydroxyl groups is 1. The third-order valence-electron chi connectivity index (χ3n) is 3.90. The van der Waals surface area contributed by atoms with Crippen LogP contribution in [0.1, 0.15) is 19.4 Å². The van der Waals surface area contributed by atoms with Gasteiger partial charge in [0.2, 0.25) is 10.0 Å². The van der Waals surface area contributed by atoms with E-state index in [-0.39, 0.29) is 32.1 Å². The van der Waals surface area contributed by atoms with Gasteiger partial charge in [-0.15, -0.1) is 0 Å². The second-order valence-corrected chi connectivity index (χ2v) is 8.41. The average molecular weight is 331 g/mol. The molecule has 124 valence electrons. The minimum absolute atomic E-state index is 0.0986. The molecule has 0 radical (unpaired) electrons. The number of benzene rings is 1. The highest BCUT2D eigenvalue weighted by Gasteiger charge is 2.41. The Kier molecular flexibility index (Phi) is 5.21. The van der Waals surface area contributed by atoms with Gasteiger partial charge in [0, 0.05) is 19.5 Å². The lowest BCUT2D eigenvalue weighted by Gasteiger charge is -2.41. The van der Waals surface area contributed by atoms with E-state index in [0.717, 1.165) is 5.56 Å². The zero-order valence-corrected chi connectivity index (χ0v) is 13.6. The molecule has 0 bridgehead atoms. The number of hydrogen-bond donors (Lipinski definition) is 1. The van der Waals surface area contributed by atoms with Crippen molar-refractivity contribution < 1.29 is 22.7 Å². The van der Waals surface area contributed by atoms with Gasteiger partial charge < -0.3 is 9.84 Å². The number of aliphatic hydroxyl groups excluding tert-OH is 1. The normalized spacial score (nSPS) is 23.9. The zero-order chi connectivity index (χ0) is 16.4. The van der Waals surface area contributed by atoms with Gasteiger partial charge in [-0.05, 0) is 31.5 Å². The summed E-state index contributed by atoms with van der Waals surface area (Å²) >= 11 is 0. The number of ether oxygens (including phenoxy) is 1. The fraction of sp³-hybridized carbons (Fsp3) is 0.600. The third-order valence-corrected chi connectivity index (χ3v) is 6.12. The highest BCUT2D eigenvalue weighted by Crippen LogP contribution is 2.26. The first-order valence-electron chi connectivity index (χ1n) is 7.27. The van der Waals surface area contributed by atoms with Crippen molar-refractivity contribution in [3.05, 3.63) is 35.6 Å². The number of nitrogens with zero attached hydrogens (tertiary/aromatic N) is 1. The van der Waals surface area contributed by atoms with Crippen LogP contribution in [0.2, 0.25) is 0 Å². The van der Waals surface area contributed by atoms with Gasteiger partial charge in [-0.2, -0.15) is 4.31 Å². The quantitative estimate of drug-likeness (QED) is 0.879. The molecule has 0 saturated carbocycles. The maximum Gasteiger partial charge on any atom is 0.216 e. The molecule has 0 amide bonds. The molecule has 1 saturated heterocycles. The van der Waals surface area contributed by atoms with E-state index in [4.69, 9.17) is 4.74 Å². The van der Waals surface area contributed by atoms with E-state index >= 15 is 0 Å². The summed E-state index contributed by atoms with van der Waals surface area (Å²) in [4.78, 5) is 0. The lowest BCUT2D eigenvalue weighted by molar-refractivity contribution is -0.115. The van der Waals surface area contributed by atoms with Crippen molar-refractivity contribution in [3.63, 3.8) is 0 Å². The Hall–Kier alpha value is -1.02.